The highest BCUT2D eigenvalue weighted by atomic mass is 16.5. The minimum atomic E-state index is 0.244. The van der Waals surface area contributed by atoms with Crippen LogP contribution in [-0.4, -0.2) is 5.27 Å². The molecule has 0 radical (unpaired) electrons. The maximum Gasteiger partial charge on any atom is 0.293 e. The molecule has 1 atom stereocenters. The molecule has 2 rings (SSSR count). The number of benzene rings is 1. The van der Waals surface area contributed by atoms with Crippen LogP contribution < -0.4 is 10.4 Å². The van der Waals surface area contributed by atoms with E-state index >= 15 is 0 Å². The summed E-state index contributed by atoms with van der Waals surface area (Å²) in [7, 11) is 0. The van der Waals surface area contributed by atoms with Crippen molar-refractivity contribution in [2.75, 3.05) is 5.73 Å². The van der Waals surface area contributed by atoms with Crippen LogP contribution in [-0.2, 0) is 6.42 Å². The standard InChI is InChI=1S/C11H14N3O/c1-9(14-8-11(12)15-13-14)7-10-5-3-2-4-6-10/h2-6,8-9H,7,12H2,1H3/q+1/t9-/m1/s1. The van der Waals surface area contributed by atoms with Gasteiger partial charge in [0.05, 0.1) is 0 Å². The first-order valence-electron chi connectivity index (χ1n) is 4.93. The van der Waals surface area contributed by atoms with Gasteiger partial charge in [-0.1, -0.05) is 30.3 Å². The molecule has 0 aliphatic heterocycles. The number of aromatic nitrogens is 2. The summed E-state index contributed by atoms with van der Waals surface area (Å²) < 4.78 is 6.55. The zero-order valence-corrected chi connectivity index (χ0v) is 8.63. The molecule has 0 unspecified atom stereocenters. The number of hydrogen-bond acceptors (Lipinski definition) is 3. The molecule has 2 aromatic rings. The molecular formula is C11H14N3O+. The van der Waals surface area contributed by atoms with E-state index in [1.165, 1.54) is 5.56 Å². The summed E-state index contributed by atoms with van der Waals surface area (Å²) >= 11 is 0. The van der Waals surface area contributed by atoms with Crippen molar-refractivity contribution in [1.29, 1.82) is 0 Å². The smallest absolute Gasteiger partial charge is 0.293 e. The SMILES string of the molecule is C[C@H](Cc1ccccc1)[n+]1cc(N)on1. The summed E-state index contributed by atoms with van der Waals surface area (Å²) in [5.74, 6) is 0.343. The lowest BCUT2D eigenvalue weighted by Crippen LogP contribution is -2.40. The van der Waals surface area contributed by atoms with E-state index in [1.54, 1.807) is 10.9 Å². The number of nitrogen functional groups attached to an aromatic ring is 1. The summed E-state index contributed by atoms with van der Waals surface area (Å²) in [6.45, 7) is 2.08. The van der Waals surface area contributed by atoms with Crippen LogP contribution in [0, 0.1) is 0 Å². The lowest BCUT2D eigenvalue weighted by molar-refractivity contribution is -0.782. The van der Waals surface area contributed by atoms with E-state index in [-0.39, 0.29) is 6.04 Å². The van der Waals surface area contributed by atoms with Crippen molar-refractivity contribution in [3.8, 4) is 0 Å². The van der Waals surface area contributed by atoms with Crippen LogP contribution in [0.3, 0.4) is 0 Å². The fourth-order valence-corrected chi connectivity index (χ4v) is 1.53. The second kappa shape index (κ2) is 4.13. The van der Waals surface area contributed by atoms with Crippen LogP contribution in [0.5, 0.6) is 0 Å². The Bertz CT molecular complexity index is 424. The van der Waals surface area contributed by atoms with Gasteiger partial charge in [0.25, 0.3) is 12.1 Å². The van der Waals surface area contributed by atoms with Gasteiger partial charge in [-0.3, -0.25) is 4.52 Å². The summed E-state index contributed by atoms with van der Waals surface area (Å²) in [4.78, 5) is 0. The van der Waals surface area contributed by atoms with Gasteiger partial charge in [-0.2, -0.15) is 0 Å². The van der Waals surface area contributed by atoms with Crippen molar-refractivity contribution in [2.24, 2.45) is 0 Å². The lowest BCUT2D eigenvalue weighted by Gasteiger charge is -2.01. The molecule has 2 N–H and O–H groups in total. The van der Waals surface area contributed by atoms with Crippen LogP contribution in [0.4, 0.5) is 5.88 Å². The van der Waals surface area contributed by atoms with Crippen LogP contribution in [0.1, 0.15) is 18.5 Å². The average Bonchev–Trinajstić information content (AvgIpc) is 2.66. The Morgan fingerprint density at radius 3 is 2.73 bits per heavy atom. The summed E-state index contributed by atoms with van der Waals surface area (Å²) in [6.07, 6.45) is 2.62. The largest absolute Gasteiger partial charge is 0.362 e. The minimum Gasteiger partial charge on any atom is -0.362 e. The first-order valence-corrected chi connectivity index (χ1v) is 4.93. The van der Waals surface area contributed by atoms with Gasteiger partial charge in [0.15, 0.2) is 6.04 Å². The van der Waals surface area contributed by atoms with Gasteiger partial charge in [-0.05, 0) is 10.2 Å². The molecule has 0 amide bonds. The highest BCUT2D eigenvalue weighted by molar-refractivity contribution is 5.15. The fourth-order valence-electron chi connectivity index (χ4n) is 1.53. The van der Waals surface area contributed by atoms with Crippen molar-refractivity contribution in [3.05, 3.63) is 42.1 Å². The highest BCUT2D eigenvalue weighted by Gasteiger charge is 2.18. The van der Waals surface area contributed by atoms with Crippen LogP contribution >= 0.6 is 0 Å². The van der Waals surface area contributed by atoms with Gasteiger partial charge < -0.3 is 5.73 Å². The lowest BCUT2D eigenvalue weighted by atomic mass is 10.1. The number of hydrogen-bond donors (Lipinski definition) is 1. The maximum absolute atomic E-state index is 5.46. The van der Waals surface area contributed by atoms with Gasteiger partial charge in [0.2, 0.25) is 5.27 Å². The van der Waals surface area contributed by atoms with E-state index in [0.717, 1.165) is 6.42 Å². The maximum atomic E-state index is 5.46. The van der Waals surface area contributed by atoms with Gasteiger partial charge in [-0.25, -0.2) is 0 Å². The molecule has 1 heterocycles. The van der Waals surface area contributed by atoms with Gasteiger partial charge in [0.1, 0.15) is 0 Å². The molecular weight excluding hydrogens is 190 g/mol. The monoisotopic (exact) mass is 204 g/mol. The zero-order chi connectivity index (χ0) is 10.7. The third kappa shape index (κ3) is 2.34. The van der Waals surface area contributed by atoms with Crippen molar-refractivity contribution in [3.63, 3.8) is 0 Å². The second-order valence-electron chi connectivity index (χ2n) is 3.62. The molecule has 0 saturated carbocycles. The predicted octanol–water partition coefficient (Wildman–Crippen LogP) is 1.35. The van der Waals surface area contributed by atoms with E-state index in [9.17, 15) is 0 Å². The summed E-state index contributed by atoms with van der Waals surface area (Å²) in [6, 6.07) is 10.5. The molecule has 0 aliphatic carbocycles. The van der Waals surface area contributed by atoms with Gasteiger partial charge in [0, 0.05) is 13.3 Å². The molecule has 78 valence electrons. The van der Waals surface area contributed by atoms with E-state index in [4.69, 9.17) is 10.3 Å². The van der Waals surface area contributed by atoms with E-state index < -0.39 is 0 Å². The highest BCUT2D eigenvalue weighted by Crippen LogP contribution is 2.08. The third-order valence-corrected chi connectivity index (χ3v) is 2.33. The number of anilines is 1. The van der Waals surface area contributed by atoms with Crippen LogP contribution in [0.15, 0.2) is 41.1 Å². The Morgan fingerprint density at radius 2 is 2.13 bits per heavy atom. The van der Waals surface area contributed by atoms with Gasteiger partial charge >= 0.3 is 0 Å². The topological polar surface area (TPSA) is 55.9 Å². The third-order valence-electron chi connectivity index (χ3n) is 2.33. The molecule has 0 bridgehead atoms. The molecule has 0 fully saturated rings. The normalized spacial score (nSPS) is 12.6. The molecule has 1 aromatic heterocycles. The Morgan fingerprint density at radius 1 is 1.40 bits per heavy atom. The van der Waals surface area contributed by atoms with E-state index in [0.29, 0.717) is 5.88 Å². The van der Waals surface area contributed by atoms with Gasteiger partial charge in [-0.15, -0.1) is 0 Å². The fraction of sp³-hybridized carbons (Fsp3) is 0.273. The van der Waals surface area contributed by atoms with Crippen molar-refractivity contribution < 1.29 is 9.20 Å². The van der Waals surface area contributed by atoms with Crippen molar-refractivity contribution >= 4 is 5.88 Å². The van der Waals surface area contributed by atoms with Crippen molar-refractivity contribution in [2.45, 2.75) is 19.4 Å². The summed E-state index contributed by atoms with van der Waals surface area (Å²) in [5.41, 5.74) is 6.74. The quantitative estimate of drug-likeness (QED) is 0.768. The molecule has 0 aliphatic rings. The predicted molar refractivity (Wildman–Crippen MR) is 56.0 cm³/mol. The second-order valence-corrected chi connectivity index (χ2v) is 3.62. The minimum absolute atomic E-state index is 0.244. The van der Waals surface area contributed by atoms with Crippen molar-refractivity contribution in [1.82, 2.24) is 5.27 Å². The number of nitrogens with two attached hydrogens (primary N) is 1. The Labute approximate surface area is 88.3 Å². The van der Waals surface area contributed by atoms with E-state index in [2.05, 4.69) is 24.3 Å². The van der Waals surface area contributed by atoms with Crippen LogP contribution in [0.2, 0.25) is 0 Å². The molecule has 4 nitrogen and oxygen atoms in total. The molecule has 1 aromatic carbocycles. The Kier molecular flexibility index (Phi) is 2.67. The number of rotatable bonds is 3. The first kappa shape index (κ1) is 9.71. The summed E-state index contributed by atoms with van der Waals surface area (Å²) in [5, 5.41) is 3.83. The zero-order valence-electron chi connectivity index (χ0n) is 8.63. The number of nitrogens with zero attached hydrogens (tertiary/aromatic N) is 2. The Balaban J connectivity index is 2.07. The van der Waals surface area contributed by atoms with E-state index in [1.807, 2.05) is 18.2 Å². The molecule has 0 spiro atoms. The first-order chi connectivity index (χ1) is 7.25. The molecule has 15 heavy (non-hydrogen) atoms. The molecule has 4 heteroatoms. The Hall–Kier alpha value is -1.84. The molecule has 0 saturated heterocycles. The average molecular weight is 204 g/mol. The van der Waals surface area contributed by atoms with Crippen LogP contribution in [0.25, 0.3) is 0 Å².